The summed E-state index contributed by atoms with van der Waals surface area (Å²) in [4.78, 5) is 52.5. The smallest absolute Gasteiger partial charge is 0.183 e. The molecule has 0 amide bonds. The first-order chi connectivity index (χ1) is 14.1. The maximum absolute atomic E-state index is 14.1. The van der Waals surface area contributed by atoms with Crippen molar-refractivity contribution in [2.24, 2.45) is 39.2 Å². The Morgan fingerprint density at radius 1 is 1.23 bits per heavy atom. The van der Waals surface area contributed by atoms with Crippen molar-refractivity contribution in [3.8, 4) is 0 Å². The molecule has 170 valence electrons. The Kier molecular flexibility index (Phi) is 5.28. The summed E-state index contributed by atoms with van der Waals surface area (Å²) in [5.74, 6) is -2.74. The van der Waals surface area contributed by atoms with E-state index in [2.05, 4.69) is 5.18 Å². The van der Waals surface area contributed by atoms with Gasteiger partial charge in [-0.1, -0.05) is 44.5 Å². The van der Waals surface area contributed by atoms with Crippen LogP contribution in [0.25, 0.3) is 0 Å². The van der Waals surface area contributed by atoms with E-state index in [9.17, 15) is 24.4 Å². The molecule has 0 aromatic rings. The van der Waals surface area contributed by atoms with Gasteiger partial charge in [-0.15, -0.1) is 0 Å². The van der Waals surface area contributed by atoms with Gasteiger partial charge in [0.15, 0.2) is 17.3 Å². The molecule has 3 rings (SSSR count). The molecule has 1 N–H and O–H groups in total. The molecule has 3 aliphatic rings. The summed E-state index contributed by atoms with van der Waals surface area (Å²) in [6, 6.07) is 0. The number of nitroso groups, excluding NO2 is 1. The highest BCUT2D eigenvalue weighted by atomic mass is 16.3. The number of aliphatic hydroxyl groups is 1. The Balaban J connectivity index is 2.33. The predicted molar refractivity (Wildman–Crippen MR) is 118 cm³/mol. The normalized spacial score (nSPS) is 34.2. The number of hydrogen-bond donors (Lipinski definition) is 1. The number of rotatable bonds is 6. The average Bonchev–Trinajstić information content (AvgIpc) is 3.04. The first kappa shape index (κ1) is 23.6. The van der Waals surface area contributed by atoms with Gasteiger partial charge in [-0.2, -0.15) is 4.91 Å². The molecular weight excluding hydrogens is 394 g/mol. The molecule has 0 unspecified atom stereocenters. The summed E-state index contributed by atoms with van der Waals surface area (Å²) in [5, 5.41) is 14.8. The minimum Gasteiger partial charge on any atom is -0.510 e. The minimum atomic E-state index is -1.34. The van der Waals surface area contributed by atoms with Crippen LogP contribution in [0.1, 0.15) is 74.7 Å². The van der Waals surface area contributed by atoms with E-state index in [1.54, 1.807) is 27.7 Å². The van der Waals surface area contributed by atoms with Crippen molar-refractivity contribution in [2.75, 3.05) is 0 Å². The molecular formula is C25H35NO5. The standard InChI is InChI=1S/C25H35NO5/c1-13(2)9-10-24-11-16-22(5,6)15(23(7,8)26-31)12-25(16,21(24)30)20(29)17(19(24)28)18(27)14(3)4/h9,14-16,29H,10-12H2,1-8H3/t15-,16+,24+,25-/m1/s1. The van der Waals surface area contributed by atoms with Gasteiger partial charge in [-0.05, 0) is 64.2 Å². The van der Waals surface area contributed by atoms with Crippen LogP contribution in [0.2, 0.25) is 0 Å². The molecule has 2 saturated carbocycles. The molecule has 0 heterocycles. The lowest BCUT2D eigenvalue weighted by Gasteiger charge is -2.40. The monoisotopic (exact) mass is 429 g/mol. The van der Waals surface area contributed by atoms with E-state index < -0.39 is 39.3 Å². The zero-order valence-corrected chi connectivity index (χ0v) is 20.0. The highest BCUT2D eigenvalue weighted by Crippen LogP contribution is 2.74. The molecule has 2 fully saturated rings. The van der Waals surface area contributed by atoms with Gasteiger partial charge in [0.05, 0.1) is 10.8 Å². The molecule has 0 aromatic heterocycles. The Morgan fingerprint density at radius 2 is 1.81 bits per heavy atom. The third kappa shape index (κ3) is 2.86. The number of hydrogen-bond acceptors (Lipinski definition) is 6. The van der Waals surface area contributed by atoms with Gasteiger partial charge in [0.1, 0.15) is 16.9 Å². The van der Waals surface area contributed by atoms with Crippen LogP contribution in [0.15, 0.2) is 28.2 Å². The van der Waals surface area contributed by atoms with Crippen LogP contribution in [0, 0.1) is 38.9 Å². The lowest BCUT2D eigenvalue weighted by atomic mass is 9.62. The van der Waals surface area contributed by atoms with Crippen molar-refractivity contribution >= 4 is 17.3 Å². The Morgan fingerprint density at radius 3 is 2.29 bits per heavy atom. The second-order valence-corrected chi connectivity index (χ2v) is 11.5. The topological polar surface area (TPSA) is 101 Å². The van der Waals surface area contributed by atoms with E-state index in [1.807, 2.05) is 33.8 Å². The number of carbonyl (C=O) groups excluding carboxylic acids is 3. The highest BCUT2D eigenvalue weighted by molar-refractivity contribution is 6.32. The number of ketones is 3. The summed E-state index contributed by atoms with van der Waals surface area (Å²) in [6.45, 7) is 14.7. The number of aliphatic hydroxyl groups excluding tert-OH is 1. The zero-order chi connectivity index (χ0) is 23.7. The van der Waals surface area contributed by atoms with E-state index in [-0.39, 0.29) is 48.2 Å². The fraction of sp³-hybridized carbons (Fsp3) is 0.720. The second kappa shape index (κ2) is 6.94. The molecule has 1 spiro atoms. The largest absolute Gasteiger partial charge is 0.510 e. The molecule has 2 bridgehead atoms. The van der Waals surface area contributed by atoms with Crippen molar-refractivity contribution < 1.29 is 19.5 Å². The molecule has 0 saturated heterocycles. The third-order valence-electron chi connectivity index (χ3n) is 8.35. The van der Waals surface area contributed by atoms with Crippen LogP contribution in [-0.4, -0.2) is 28.0 Å². The van der Waals surface area contributed by atoms with Crippen molar-refractivity contribution in [1.29, 1.82) is 0 Å². The molecule has 0 aliphatic heterocycles. The molecule has 31 heavy (non-hydrogen) atoms. The molecule has 6 heteroatoms. The predicted octanol–water partition coefficient (Wildman–Crippen LogP) is 5.12. The highest BCUT2D eigenvalue weighted by Gasteiger charge is 2.78. The summed E-state index contributed by atoms with van der Waals surface area (Å²) < 4.78 is 0. The average molecular weight is 430 g/mol. The quantitative estimate of drug-likeness (QED) is 0.273. The molecule has 0 radical (unpaired) electrons. The van der Waals surface area contributed by atoms with Crippen LogP contribution in [0.4, 0.5) is 0 Å². The number of fused-ring (bicyclic) bond motifs is 1. The summed E-state index contributed by atoms with van der Waals surface area (Å²) in [7, 11) is 0. The van der Waals surface area contributed by atoms with Crippen LogP contribution >= 0.6 is 0 Å². The summed E-state index contributed by atoms with van der Waals surface area (Å²) >= 11 is 0. The van der Waals surface area contributed by atoms with Crippen molar-refractivity contribution in [2.45, 2.75) is 80.2 Å². The van der Waals surface area contributed by atoms with Crippen LogP contribution < -0.4 is 0 Å². The number of carbonyl (C=O) groups is 3. The van der Waals surface area contributed by atoms with Gasteiger partial charge in [-0.3, -0.25) is 14.4 Å². The Bertz CT molecular complexity index is 934. The van der Waals surface area contributed by atoms with Crippen LogP contribution in [0.3, 0.4) is 0 Å². The van der Waals surface area contributed by atoms with Gasteiger partial charge < -0.3 is 5.11 Å². The first-order valence-electron chi connectivity index (χ1n) is 11.2. The maximum atomic E-state index is 14.1. The van der Waals surface area contributed by atoms with Crippen molar-refractivity contribution in [3.05, 3.63) is 27.9 Å². The van der Waals surface area contributed by atoms with Crippen LogP contribution in [0.5, 0.6) is 0 Å². The lowest BCUT2D eigenvalue weighted by Crippen LogP contribution is -2.50. The summed E-state index contributed by atoms with van der Waals surface area (Å²) in [6.07, 6.45) is 2.59. The second-order valence-electron chi connectivity index (χ2n) is 11.5. The lowest BCUT2D eigenvalue weighted by molar-refractivity contribution is -0.144. The number of Topliss-reactive ketones (excluding diaryl/α,β-unsaturated/α-hetero) is 3. The molecule has 3 aliphatic carbocycles. The SMILES string of the molecule is CC(C)=CC[C@@]12C[C@H]3C(C)(C)[C@H](C(C)(C)N=O)C[C@]3(C1=O)C(O)=C(C(=O)C(C)C)C2=O. The van der Waals surface area contributed by atoms with Crippen molar-refractivity contribution in [3.63, 3.8) is 0 Å². The first-order valence-corrected chi connectivity index (χ1v) is 11.2. The number of allylic oxidation sites excluding steroid dienone is 4. The van der Waals surface area contributed by atoms with E-state index in [1.165, 1.54) is 0 Å². The van der Waals surface area contributed by atoms with Gasteiger partial charge in [0.25, 0.3) is 0 Å². The fourth-order valence-corrected chi connectivity index (χ4v) is 6.68. The molecule has 4 atom stereocenters. The number of nitrogens with zero attached hydrogens (tertiary/aromatic N) is 1. The van der Waals surface area contributed by atoms with E-state index in [0.29, 0.717) is 0 Å². The van der Waals surface area contributed by atoms with E-state index in [4.69, 9.17) is 0 Å². The maximum Gasteiger partial charge on any atom is 0.183 e. The van der Waals surface area contributed by atoms with Crippen molar-refractivity contribution in [1.82, 2.24) is 0 Å². The van der Waals surface area contributed by atoms with Gasteiger partial charge in [0, 0.05) is 5.92 Å². The summed E-state index contributed by atoms with van der Waals surface area (Å²) in [5.41, 5.74) is -3.36. The third-order valence-corrected chi connectivity index (χ3v) is 8.35. The minimum absolute atomic E-state index is 0.201. The molecule has 6 nitrogen and oxygen atoms in total. The Labute approximate surface area is 184 Å². The van der Waals surface area contributed by atoms with Gasteiger partial charge in [-0.25, -0.2) is 0 Å². The Hall–Kier alpha value is -2.11. The van der Waals surface area contributed by atoms with Gasteiger partial charge in [0.2, 0.25) is 0 Å². The zero-order valence-electron chi connectivity index (χ0n) is 20.0. The van der Waals surface area contributed by atoms with Crippen LogP contribution in [-0.2, 0) is 14.4 Å². The van der Waals surface area contributed by atoms with Gasteiger partial charge >= 0.3 is 0 Å². The van der Waals surface area contributed by atoms with E-state index in [0.717, 1.165) is 5.57 Å². The van der Waals surface area contributed by atoms with E-state index >= 15 is 0 Å². The molecule has 0 aromatic carbocycles. The fourth-order valence-electron chi connectivity index (χ4n) is 6.68.